The Labute approximate surface area is 142 Å². The van der Waals surface area contributed by atoms with Gasteiger partial charge >= 0.3 is 0 Å². The van der Waals surface area contributed by atoms with E-state index >= 15 is 0 Å². The van der Waals surface area contributed by atoms with Crippen LogP contribution < -0.4 is 0 Å². The molecule has 6 heteroatoms. The van der Waals surface area contributed by atoms with E-state index in [1.54, 1.807) is 15.9 Å². The Bertz CT molecular complexity index is 676. The largest absolute Gasteiger partial charge is 0.472 e. The van der Waals surface area contributed by atoms with Crippen LogP contribution >= 0.6 is 22.6 Å². The van der Waals surface area contributed by atoms with E-state index in [2.05, 4.69) is 22.6 Å². The summed E-state index contributed by atoms with van der Waals surface area (Å²) < 4.78 is 5.89. The molecule has 1 aliphatic rings. The first-order valence-corrected chi connectivity index (χ1v) is 8.10. The Morgan fingerprint density at radius 2 is 1.59 bits per heavy atom. The number of halogens is 1. The summed E-state index contributed by atoms with van der Waals surface area (Å²) in [5, 5.41) is 0. The van der Waals surface area contributed by atoms with Gasteiger partial charge in [-0.05, 0) is 40.8 Å². The predicted octanol–water partition coefficient (Wildman–Crippen LogP) is 2.48. The zero-order valence-electron chi connectivity index (χ0n) is 11.9. The van der Waals surface area contributed by atoms with E-state index < -0.39 is 0 Å². The molecule has 1 aliphatic heterocycles. The Balaban J connectivity index is 1.63. The van der Waals surface area contributed by atoms with Gasteiger partial charge in [-0.3, -0.25) is 9.59 Å². The summed E-state index contributed by atoms with van der Waals surface area (Å²) in [5.74, 6) is -0.0180. The SMILES string of the molecule is O=C(c1ccoc1)N1CCN(C(=O)c2ccccc2I)CC1. The lowest BCUT2D eigenvalue weighted by Crippen LogP contribution is -2.50. The second-order valence-corrected chi connectivity index (χ2v) is 6.24. The van der Waals surface area contributed by atoms with Gasteiger partial charge in [0.1, 0.15) is 6.26 Å². The maximum Gasteiger partial charge on any atom is 0.257 e. The standard InChI is InChI=1S/C16H15IN2O3/c17-14-4-2-1-3-13(14)16(21)19-8-6-18(7-9-19)15(20)12-5-10-22-11-12/h1-5,10-11H,6-9H2. The lowest BCUT2D eigenvalue weighted by molar-refractivity contribution is 0.0534. The number of hydrogen-bond donors (Lipinski definition) is 0. The second kappa shape index (κ2) is 6.51. The molecule has 1 aromatic carbocycles. The number of carbonyl (C=O) groups excluding carboxylic acids is 2. The number of piperazine rings is 1. The van der Waals surface area contributed by atoms with Crippen LogP contribution in [0.25, 0.3) is 0 Å². The van der Waals surface area contributed by atoms with Crippen molar-refractivity contribution in [3.05, 3.63) is 57.6 Å². The topological polar surface area (TPSA) is 53.8 Å². The minimum atomic E-state index is -0.0462. The van der Waals surface area contributed by atoms with Crippen molar-refractivity contribution in [1.29, 1.82) is 0 Å². The number of hydrogen-bond acceptors (Lipinski definition) is 3. The van der Waals surface area contributed by atoms with E-state index in [0.717, 1.165) is 9.13 Å². The van der Waals surface area contributed by atoms with Crippen LogP contribution in [0.15, 0.2) is 47.3 Å². The van der Waals surface area contributed by atoms with Crippen molar-refractivity contribution in [2.45, 2.75) is 0 Å². The van der Waals surface area contributed by atoms with Gasteiger partial charge in [-0.1, -0.05) is 12.1 Å². The van der Waals surface area contributed by atoms with E-state index in [4.69, 9.17) is 4.42 Å². The smallest absolute Gasteiger partial charge is 0.257 e. The maximum absolute atomic E-state index is 12.5. The van der Waals surface area contributed by atoms with Crippen LogP contribution in [-0.4, -0.2) is 47.8 Å². The van der Waals surface area contributed by atoms with Crippen molar-refractivity contribution in [3.63, 3.8) is 0 Å². The number of amides is 2. The van der Waals surface area contributed by atoms with E-state index in [9.17, 15) is 9.59 Å². The highest BCUT2D eigenvalue weighted by molar-refractivity contribution is 14.1. The van der Waals surface area contributed by atoms with Crippen molar-refractivity contribution in [3.8, 4) is 0 Å². The summed E-state index contributed by atoms with van der Waals surface area (Å²) in [6.45, 7) is 2.18. The molecule has 0 unspecified atom stereocenters. The molecular weight excluding hydrogens is 395 g/mol. The van der Waals surface area contributed by atoms with E-state index in [0.29, 0.717) is 31.7 Å². The number of furan rings is 1. The van der Waals surface area contributed by atoms with Crippen LogP contribution in [0, 0.1) is 3.57 Å². The van der Waals surface area contributed by atoms with Gasteiger partial charge in [0, 0.05) is 29.7 Å². The lowest BCUT2D eigenvalue weighted by Gasteiger charge is -2.34. The number of benzene rings is 1. The number of nitrogens with zero attached hydrogens (tertiary/aromatic N) is 2. The van der Waals surface area contributed by atoms with Gasteiger partial charge in [-0.25, -0.2) is 0 Å². The molecule has 114 valence electrons. The molecule has 0 radical (unpaired) electrons. The van der Waals surface area contributed by atoms with Crippen LogP contribution in [-0.2, 0) is 0 Å². The summed E-state index contributed by atoms with van der Waals surface area (Å²) in [6.07, 6.45) is 2.94. The van der Waals surface area contributed by atoms with Crippen LogP contribution in [0.2, 0.25) is 0 Å². The zero-order valence-corrected chi connectivity index (χ0v) is 14.0. The molecule has 1 aromatic heterocycles. The Morgan fingerprint density at radius 3 is 2.18 bits per heavy atom. The Morgan fingerprint density at radius 1 is 0.955 bits per heavy atom. The fourth-order valence-electron chi connectivity index (χ4n) is 2.49. The second-order valence-electron chi connectivity index (χ2n) is 5.08. The van der Waals surface area contributed by atoms with E-state index in [-0.39, 0.29) is 11.8 Å². The van der Waals surface area contributed by atoms with Crippen molar-refractivity contribution >= 4 is 34.4 Å². The molecule has 1 fully saturated rings. The van der Waals surface area contributed by atoms with Crippen molar-refractivity contribution in [1.82, 2.24) is 9.80 Å². The predicted molar refractivity (Wildman–Crippen MR) is 89.7 cm³/mol. The fraction of sp³-hybridized carbons (Fsp3) is 0.250. The molecule has 2 heterocycles. The third-order valence-corrected chi connectivity index (χ3v) is 4.67. The molecule has 0 N–H and O–H groups in total. The van der Waals surface area contributed by atoms with E-state index in [1.165, 1.54) is 12.5 Å². The Hall–Kier alpha value is -1.83. The Kier molecular flexibility index (Phi) is 4.47. The molecule has 0 aliphatic carbocycles. The van der Waals surface area contributed by atoms with Crippen LogP contribution in [0.5, 0.6) is 0 Å². The maximum atomic E-state index is 12.5. The van der Waals surface area contributed by atoms with Crippen molar-refractivity contribution in [2.75, 3.05) is 26.2 Å². The van der Waals surface area contributed by atoms with Gasteiger partial charge in [-0.15, -0.1) is 0 Å². The normalized spacial score (nSPS) is 15.0. The fourth-order valence-corrected chi connectivity index (χ4v) is 3.10. The van der Waals surface area contributed by atoms with Gasteiger partial charge in [0.2, 0.25) is 0 Å². The quantitative estimate of drug-likeness (QED) is 0.716. The molecule has 2 amide bonds. The third-order valence-electron chi connectivity index (χ3n) is 3.73. The number of carbonyl (C=O) groups is 2. The first-order chi connectivity index (χ1) is 10.7. The average molecular weight is 410 g/mol. The van der Waals surface area contributed by atoms with Gasteiger partial charge in [0.05, 0.1) is 17.4 Å². The molecule has 1 saturated heterocycles. The summed E-state index contributed by atoms with van der Waals surface area (Å²) >= 11 is 2.17. The van der Waals surface area contributed by atoms with Gasteiger partial charge in [-0.2, -0.15) is 0 Å². The van der Waals surface area contributed by atoms with Crippen LogP contribution in [0.3, 0.4) is 0 Å². The molecule has 5 nitrogen and oxygen atoms in total. The highest BCUT2D eigenvalue weighted by atomic mass is 127. The average Bonchev–Trinajstić information content (AvgIpc) is 3.09. The van der Waals surface area contributed by atoms with E-state index in [1.807, 2.05) is 24.3 Å². The summed E-state index contributed by atoms with van der Waals surface area (Å²) in [5.41, 5.74) is 1.27. The molecule has 2 aromatic rings. The minimum absolute atomic E-state index is 0.0282. The molecule has 0 atom stereocenters. The number of rotatable bonds is 2. The lowest BCUT2D eigenvalue weighted by atomic mass is 10.1. The molecule has 22 heavy (non-hydrogen) atoms. The monoisotopic (exact) mass is 410 g/mol. The summed E-state index contributed by atoms with van der Waals surface area (Å²) in [6, 6.07) is 9.21. The molecule has 0 spiro atoms. The molecular formula is C16H15IN2O3. The zero-order chi connectivity index (χ0) is 15.5. The first-order valence-electron chi connectivity index (χ1n) is 7.02. The minimum Gasteiger partial charge on any atom is -0.472 e. The molecule has 0 saturated carbocycles. The van der Waals surface area contributed by atoms with Gasteiger partial charge < -0.3 is 14.2 Å². The van der Waals surface area contributed by atoms with Crippen LogP contribution in [0.1, 0.15) is 20.7 Å². The van der Waals surface area contributed by atoms with Crippen molar-refractivity contribution < 1.29 is 14.0 Å². The van der Waals surface area contributed by atoms with Gasteiger partial charge in [0.25, 0.3) is 11.8 Å². The summed E-state index contributed by atoms with van der Waals surface area (Å²) in [7, 11) is 0. The first kappa shape index (κ1) is 15.1. The summed E-state index contributed by atoms with van der Waals surface area (Å²) in [4.78, 5) is 28.3. The molecule has 0 bridgehead atoms. The van der Waals surface area contributed by atoms with Crippen LogP contribution in [0.4, 0.5) is 0 Å². The molecule has 3 rings (SSSR count). The highest BCUT2D eigenvalue weighted by Crippen LogP contribution is 2.16. The van der Waals surface area contributed by atoms with Crippen molar-refractivity contribution in [2.24, 2.45) is 0 Å². The third kappa shape index (κ3) is 3.01. The highest BCUT2D eigenvalue weighted by Gasteiger charge is 2.26. The van der Waals surface area contributed by atoms with Gasteiger partial charge in [0.15, 0.2) is 0 Å².